The predicted molar refractivity (Wildman–Crippen MR) is 68.4 cm³/mol. The minimum atomic E-state index is -0.688. The maximum atomic E-state index is 11.4. The number of rotatable bonds is 3. The van der Waals surface area contributed by atoms with Crippen LogP contribution in [0.5, 0.6) is 0 Å². The Morgan fingerprint density at radius 2 is 2.28 bits per heavy atom. The monoisotopic (exact) mass is 251 g/mol. The van der Waals surface area contributed by atoms with Crippen molar-refractivity contribution >= 4 is 5.97 Å². The molecule has 0 amide bonds. The van der Waals surface area contributed by atoms with E-state index in [0.29, 0.717) is 12.5 Å². The molecule has 1 N–H and O–H groups in total. The van der Waals surface area contributed by atoms with Crippen molar-refractivity contribution in [1.82, 2.24) is 14.7 Å². The summed E-state index contributed by atoms with van der Waals surface area (Å²) in [6, 6.07) is 0.457. The van der Waals surface area contributed by atoms with Crippen LogP contribution in [0, 0.1) is 5.92 Å². The van der Waals surface area contributed by atoms with Crippen LogP contribution in [0.25, 0.3) is 0 Å². The van der Waals surface area contributed by atoms with Crippen LogP contribution in [0.15, 0.2) is 12.4 Å². The number of carbonyl (C=O) groups is 1. The summed E-state index contributed by atoms with van der Waals surface area (Å²) in [7, 11) is 1.86. The summed E-state index contributed by atoms with van der Waals surface area (Å²) < 4.78 is 1.74. The molecule has 1 aromatic heterocycles. The molecule has 2 unspecified atom stereocenters. The number of hydrogen-bond acceptors (Lipinski definition) is 3. The first kappa shape index (κ1) is 13.1. The third kappa shape index (κ3) is 2.56. The number of carboxylic acids is 1. The van der Waals surface area contributed by atoms with Crippen molar-refractivity contribution in [1.29, 1.82) is 0 Å². The quantitative estimate of drug-likeness (QED) is 0.880. The lowest BCUT2D eigenvalue weighted by Crippen LogP contribution is -2.44. The van der Waals surface area contributed by atoms with Crippen molar-refractivity contribution in [3.63, 3.8) is 0 Å². The largest absolute Gasteiger partial charge is 0.481 e. The van der Waals surface area contributed by atoms with Crippen molar-refractivity contribution in [3.05, 3.63) is 18.0 Å². The molecule has 0 aliphatic carbocycles. The number of carboxylic acid groups (broad SMARTS) is 1. The Bertz CT molecular complexity index is 428. The average molecular weight is 251 g/mol. The molecule has 0 aromatic carbocycles. The van der Waals surface area contributed by atoms with E-state index >= 15 is 0 Å². The predicted octanol–water partition coefficient (Wildman–Crippen LogP) is 1.32. The fourth-order valence-corrected chi connectivity index (χ4v) is 2.71. The molecular formula is C13H21N3O2. The van der Waals surface area contributed by atoms with E-state index < -0.39 is 5.97 Å². The number of hydrogen-bond donors (Lipinski definition) is 1. The molecule has 18 heavy (non-hydrogen) atoms. The lowest BCUT2D eigenvalue weighted by Gasteiger charge is -2.38. The second-order valence-corrected chi connectivity index (χ2v) is 5.38. The van der Waals surface area contributed by atoms with Gasteiger partial charge in [-0.25, -0.2) is 0 Å². The van der Waals surface area contributed by atoms with Crippen LogP contribution in [0.2, 0.25) is 0 Å². The van der Waals surface area contributed by atoms with Crippen LogP contribution in [0.1, 0.15) is 31.7 Å². The standard InChI is InChI=1S/C13H21N3O2/c1-9(2)16-5-4-11(13(17)18)12(8-16)10-6-14-15(3)7-10/h6-7,9,11-12H,4-5,8H2,1-3H3,(H,17,18). The van der Waals surface area contributed by atoms with E-state index in [9.17, 15) is 9.90 Å². The van der Waals surface area contributed by atoms with Gasteiger partial charge in [-0.05, 0) is 32.4 Å². The number of aliphatic carboxylic acids is 1. The molecule has 5 nitrogen and oxygen atoms in total. The van der Waals surface area contributed by atoms with Gasteiger partial charge in [0.1, 0.15) is 0 Å². The number of aromatic nitrogens is 2. The summed E-state index contributed by atoms with van der Waals surface area (Å²) in [5.74, 6) is -0.927. The molecule has 2 atom stereocenters. The third-order valence-electron chi connectivity index (χ3n) is 3.84. The highest BCUT2D eigenvalue weighted by molar-refractivity contribution is 5.71. The number of piperidine rings is 1. The van der Waals surface area contributed by atoms with Crippen molar-refractivity contribution in [2.45, 2.75) is 32.2 Å². The van der Waals surface area contributed by atoms with Gasteiger partial charge in [-0.1, -0.05) is 0 Å². The van der Waals surface area contributed by atoms with E-state index in [-0.39, 0.29) is 11.8 Å². The van der Waals surface area contributed by atoms with E-state index in [1.54, 1.807) is 10.9 Å². The first-order valence-corrected chi connectivity index (χ1v) is 6.44. The zero-order valence-corrected chi connectivity index (χ0v) is 11.2. The van der Waals surface area contributed by atoms with Gasteiger partial charge in [0.05, 0.1) is 12.1 Å². The lowest BCUT2D eigenvalue weighted by molar-refractivity contribution is -0.144. The molecule has 2 rings (SSSR count). The highest BCUT2D eigenvalue weighted by atomic mass is 16.4. The highest BCUT2D eigenvalue weighted by Gasteiger charge is 2.36. The Morgan fingerprint density at radius 3 is 2.78 bits per heavy atom. The minimum absolute atomic E-state index is 0.0485. The summed E-state index contributed by atoms with van der Waals surface area (Å²) in [6.07, 6.45) is 4.45. The van der Waals surface area contributed by atoms with Crippen molar-refractivity contribution in [2.24, 2.45) is 13.0 Å². The van der Waals surface area contributed by atoms with Crippen LogP contribution in [0.3, 0.4) is 0 Å². The minimum Gasteiger partial charge on any atom is -0.481 e. The topological polar surface area (TPSA) is 58.4 Å². The summed E-state index contributed by atoms with van der Waals surface area (Å²) in [4.78, 5) is 13.7. The van der Waals surface area contributed by atoms with Gasteiger partial charge in [-0.3, -0.25) is 9.48 Å². The normalized spacial score (nSPS) is 25.6. The second kappa shape index (κ2) is 5.10. The fraction of sp³-hybridized carbons (Fsp3) is 0.692. The Hall–Kier alpha value is -1.36. The molecule has 1 aliphatic heterocycles. The summed E-state index contributed by atoms with van der Waals surface area (Å²) in [5, 5.41) is 13.5. The lowest BCUT2D eigenvalue weighted by atomic mass is 9.81. The molecule has 1 saturated heterocycles. The van der Waals surface area contributed by atoms with Crippen molar-refractivity contribution in [2.75, 3.05) is 13.1 Å². The van der Waals surface area contributed by atoms with Crippen LogP contribution in [-0.4, -0.2) is 44.9 Å². The summed E-state index contributed by atoms with van der Waals surface area (Å²) in [6.45, 7) is 5.98. The molecule has 1 aromatic rings. The first-order chi connectivity index (χ1) is 8.49. The van der Waals surface area contributed by atoms with Gasteiger partial charge in [0.25, 0.3) is 0 Å². The molecule has 1 fully saturated rings. The van der Waals surface area contributed by atoms with Gasteiger partial charge >= 0.3 is 5.97 Å². The van der Waals surface area contributed by atoms with Gasteiger partial charge < -0.3 is 10.0 Å². The van der Waals surface area contributed by atoms with Gasteiger partial charge in [-0.15, -0.1) is 0 Å². The number of nitrogens with zero attached hydrogens (tertiary/aromatic N) is 3. The molecule has 0 spiro atoms. The Morgan fingerprint density at radius 1 is 1.56 bits per heavy atom. The van der Waals surface area contributed by atoms with E-state index in [2.05, 4.69) is 23.8 Å². The van der Waals surface area contributed by atoms with Crippen LogP contribution in [-0.2, 0) is 11.8 Å². The van der Waals surface area contributed by atoms with E-state index in [1.165, 1.54) is 0 Å². The van der Waals surface area contributed by atoms with Gasteiger partial charge in [0.15, 0.2) is 0 Å². The smallest absolute Gasteiger partial charge is 0.307 e. The number of likely N-dealkylation sites (tertiary alicyclic amines) is 1. The molecular weight excluding hydrogens is 230 g/mol. The average Bonchev–Trinajstić information content (AvgIpc) is 2.74. The fourth-order valence-electron chi connectivity index (χ4n) is 2.71. The summed E-state index contributed by atoms with van der Waals surface area (Å²) >= 11 is 0. The van der Waals surface area contributed by atoms with Crippen LogP contribution < -0.4 is 0 Å². The maximum absolute atomic E-state index is 11.4. The number of aryl methyl sites for hydroxylation is 1. The van der Waals surface area contributed by atoms with Crippen molar-refractivity contribution < 1.29 is 9.90 Å². The Balaban J connectivity index is 2.22. The van der Waals surface area contributed by atoms with Crippen LogP contribution >= 0.6 is 0 Å². The molecule has 100 valence electrons. The molecule has 1 aliphatic rings. The molecule has 5 heteroatoms. The summed E-state index contributed by atoms with van der Waals surface area (Å²) in [5.41, 5.74) is 1.04. The van der Waals surface area contributed by atoms with Crippen molar-refractivity contribution in [3.8, 4) is 0 Å². The van der Waals surface area contributed by atoms with E-state index in [4.69, 9.17) is 0 Å². The Labute approximate surface area is 107 Å². The molecule has 2 heterocycles. The van der Waals surface area contributed by atoms with Gasteiger partial charge in [0, 0.05) is 31.7 Å². The van der Waals surface area contributed by atoms with Gasteiger partial charge in [0.2, 0.25) is 0 Å². The maximum Gasteiger partial charge on any atom is 0.307 e. The molecule has 0 radical (unpaired) electrons. The third-order valence-corrected chi connectivity index (χ3v) is 3.84. The van der Waals surface area contributed by atoms with Gasteiger partial charge in [-0.2, -0.15) is 5.10 Å². The highest BCUT2D eigenvalue weighted by Crippen LogP contribution is 2.33. The zero-order chi connectivity index (χ0) is 13.3. The zero-order valence-electron chi connectivity index (χ0n) is 11.2. The van der Waals surface area contributed by atoms with E-state index in [1.807, 2.05) is 13.2 Å². The Kier molecular flexibility index (Phi) is 3.71. The SMILES string of the molecule is CC(C)N1CCC(C(=O)O)C(c2cnn(C)c2)C1. The molecule has 0 bridgehead atoms. The molecule has 0 saturated carbocycles. The second-order valence-electron chi connectivity index (χ2n) is 5.38. The van der Waals surface area contributed by atoms with E-state index in [0.717, 1.165) is 18.7 Å². The first-order valence-electron chi connectivity index (χ1n) is 6.44. The van der Waals surface area contributed by atoms with Crippen LogP contribution in [0.4, 0.5) is 0 Å².